The van der Waals surface area contributed by atoms with Crippen LogP contribution >= 0.6 is 0 Å². The molecule has 0 saturated heterocycles. The number of nitrogens with one attached hydrogen (secondary N) is 1. The van der Waals surface area contributed by atoms with E-state index in [-0.39, 0.29) is 5.56 Å². The lowest BCUT2D eigenvalue weighted by atomic mass is 10.1. The van der Waals surface area contributed by atoms with Crippen molar-refractivity contribution < 1.29 is 27.1 Å². The smallest absolute Gasteiger partial charge is 0.394 e. The van der Waals surface area contributed by atoms with Crippen LogP contribution in [0, 0.1) is 11.6 Å². The lowest BCUT2D eigenvalue weighted by Gasteiger charge is -2.18. The summed E-state index contributed by atoms with van der Waals surface area (Å²) in [6.45, 7) is -2.16. The number of hydrogen-bond acceptors (Lipinski definition) is 2. The molecule has 0 aliphatic rings. The first kappa shape index (κ1) is 13.9. The minimum atomic E-state index is -4.49. The van der Waals surface area contributed by atoms with Crippen LogP contribution in [0.3, 0.4) is 0 Å². The molecule has 0 fully saturated rings. The summed E-state index contributed by atoms with van der Waals surface area (Å²) in [5.74, 6) is -1.66. The maximum Gasteiger partial charge on any atom is 0.401 e. The van der Waals surface area contributed by atoms with E-state index in [2.05, 4.69) is 0 Å². The molecule has 1 atom stereocenters. The van der Waals surface area contributed by atoms with Gasteiger partial charge in [0.05, 0.1) is 19.2 Å². The Balaban J connectivity index is 2.82. The standard InChI is InChI=1S/C10H10F5NO/c11-6-1-2-8(12)7(3-6)9(4-17)16-5-10(13,14)15/h1-3,9,16-17H,4-5H2. The number of rotatable bonds is 4. The van der Waals surface area contributed by atoms with Crippen LogP contribution in [0.1, 0.15) is 11.6 Å². The number of hydrogen-bond donors (Lipinski definition) is 2. The van der Waals surface area contributed by atoms with Gasteiger partial charge >= 0.3 is 6.18 Å². The first-order chi connectivity index (χ1) is 7.83. The highest BCUT2D eigenvalue weighted by Gasteiger charge is 2.29. The Morgan fingerprint density at radius 3 is 2.41 bits per heavy atom. The maximum atomic E-state index is 13.2. The third-order valence-corrected chi connectivity index (χ3v) is 2.06. The largest absolute Gasteiger partial charge is 0.401 e. The predicted molar refractivity (Wildman–Crippen MR) is 50.2 cm³/mol. The Morgan fingerprint density at radius 1 is 1.24 bits per heavy atom. The number of halogens is 5. The predicted octanol–water partition coefficient (Wildman–Crippen LogP) is 2.15. The van der Waals surface area contributed by atoms with Gasteiger partial charge in [0.1, 0.15) is 11.6 Å². The number of alkyl halides is 3. The molecule has 2 nitrogen and oxygen atoms in total. The van der Waals surface area contributed by atoms with Crippen molar-refractivity contribution in [3.8, 4) is 0 Å². The van der Waals surface area contributed by atoms with Crippen molar-refractivity contribution in [3.63, 3.8) is 0 Å². The zero-order chi connectivity index (χ0) is 13.1. The molecule has 0 saturated carbocycles. The van der Waals surface area contributed by atoms with Crippen LogP contribution in [0.4, 0.5) is 22.0 Å². The molecule has 0 heterocycles. The number of aliphatic hydroxyl groups is 1. The fraction of sp³-hybridized carbons (Fsp3) is 0.400. The minimum absolute atomic E-state index is 0.336. The van der Waals surface area contributed by atoms with Crippen molar-refractivity contribution in [2.75, 3.05) is 13.2 Å². The molecular formula is C10H10F5NO. The highest BCUT2D eigenvalue weighted by molar-refractivity contribution is 5.22. The molecule has 0 amide bonds. The van der Waals surface area contributed by atoms with Crippen LogP contribution in [-0.4, -0.2) is 24.4 Å². The van der Waals surface area contributed by atoms with Gasteiger partial charge in [-0.25, -0.2) is 8.78 Å². The summed E-state index contributed by atoms with van der Waals surface area (Å²) in [6, 6.07) is 1.09. The second-order valence-corrected chi connectivity index (χ2v) is 3.40. The van der Waals surface area contributed by atoms with Gasteiger partial charge in [-0.2, -0.15) is 13.2 Å². The molecule has 1 unspecified atom stereocenters. The third kappa shape index (κ3) is 4.27. The first-order valence-electron chi connectivity index (χ1n) is 4.69. The molecule has 96 valence electrons. The zero-order valence-electron chi connectivity index (χ0n) is 8.56. The Morgan fingerprint density at radius 2 is 1.88 bits per heavy atom. The molecule has 0 radical (unpaired) electrons. The van der Waals surface area contributed by atoms with Gasteiger partial charge in [0.2, 0.25) is 0 Å². The minimum Gasteiger partial charge on any atom is -0.394 e. The molecule has 1 aromatic carbocycles. The Hall–Kier alpha value is -1.21. The van der Waals surface area contributed by atoms with E-state index in [4.69, 9.17) is 5.11 Å². The Kier molecular flexibility index (Phi) is 4.41. The van der Waals surface area contributed by atoms with Crippen molar-refractivity contribution in [3.05, 3.63) is 35.4 Å². The first-order valence-corrected chi connectivity index (χ1v) is 4.69. The van der Waals surface area contributed by atoms with Crippen molar-refractivity contribution in [1.29, 1.82) is 0 Å². The normalized spacial score (nSPS) is 13.8. The molecule has 2 N–H and O–H groups in total. The number of aliphatic hydroxyl groups excluding tert-OH is 1. The van der Waals surface area contributed by atoms with Crippen molar-refractivity contribution in [2.45, 2.75) is 12.2 Å². The van der Waals surface area contributed by atoms with E-state index >= 15 is 0 Å². The topological polar surface area (TPSA) is 32.3 Å². The van der Waals surface area contributed by atoms with Crippen LogP contribution in [0.5, 0.6) is 0 Å². The Bertz CT molecular complexity index is 379. The van der Waals surface area contributed by atoms with Crippen LogP contribution < -0.4 is 5.32 Å². The van der Waals surface area contributed by atoms with Crippen LogP contribution in [0.2, 0.25) is 0 Å². The summed E-state index contributed by atoms with van der Waals surface area (Å²) in [6.07, 6.45) is -4.49. The molecule has 0 aliphatic heterocycles. The van der Waals surface area contributed by atoms with E-state index in [1.165, 1.54) is 0 Å². The molecule has 1 aromatic rings. The van der Waals surface area contributed by atoms with Crippen LogP contribution in [0.25, 0.3) is 0 Å². The lowest BCUT2D eigenvalue weighted by Crippen LogP contribution is -2.34. The van der Waals surface area contributed by atoms with Gasteiger partial charge in [0.25, 0.3) is 0 Å². The van der Waals surface area contributed by atoms with Crippen LogP contribution in [-0.2, 0) is 0 Å². The highest BCUT2D eigenvalue weighted by atomic mass is 19.4. The van der Waals surface area contributed by atoms with Gasteiger partial charge in [-0.15, -0.1) is 0 Å². The number of benzene rings is 1. The van der Waals surface area contributed by atoms with Crippen LogP contribution in [0.15, 0.2) is 18.2 Å². The van der Waals surface area contributed by atoms with Gasteiger partial charge in [-0.1, -0.05) is 0 Å². The van der Waals surface area contributed by atoms with Crippen molar-refractivity contribution in [1.82, 2.24) is 5.32 Å². The zero-order valence-corrected chi connectivity index (χ0v) is 8.56. The van der Waals surface area contributed by atoms with E-state index in [1.54, 1.807) is 0 Å². The van der Waals surface area contributed by atoms with Gasteiger partial charge in [0.15, 0.2) is 0 Å². The molecule has 0 spiro atoms. The summed E-state index contributed by atoms with van der Waals surface area (Å²) in [5, 5.41) is 10.8. The summed E-state index contributed by atoms with van der Waals surface area (Å²) in [7, 11) is 0. The monoisotopic (exact) mass is 255 g/mol. The van der Waals surface area contributed by atoms with E-state index in [1.807, 2.05) is 5.32 Å². The lowest BCUT2D eigenvalue weighted by molar-refractivity contribution is -0.126. The fourth-order valence-electron chi connectivity index (χ4n) is 1.29. The van der Waals surface area contributed by atoms with E-state index < -0.39 is 37.0 Å². The highest BCUT2D eigenvalue weighted by Crippen LogP contribution is 2.20. The SMILES string of the molecule is OCC(NCC(F)(F)F)c1cc(F)ccc1F. The summed E-state index contributed by atoms with van der Waals surface area (Å²) in [4.78, 5) is 0. The van der Waals surface area contributed by atoms with E-state index in [0.717, 1.165) is 18.2 Å². The molecule has 17 heavy (non-hydrogen) atoms. The second kappa shape index (κ2) is 5.42. The third-order valence-electron chi connectivity index (χ3n) is 2.06. The van der Waals surface area contributed by atoms with Crippen molar-refractivity contribution in [2.24, 2.45) is 0 Å². The average Bonchev–Trinajstić information content (AvgIpc) is 2.22. The second-order valence-electron chi connectivity index (χ2n) is 3.40. The Labute approximate surface area is 94.1 Å². The average molecular weight is 255 g/mol. The molecule has 0 bridgehead atoms. The van der Waals surface area contributed by atoms with Gasteiger partial charge in [-0.05, 0) is 18.2 Å². The molecule has 7 heteroatoms. The van der Waals surface area contributed by atoms with E-state index in [0.29, 0.717) is 0 Å². The summed E-state index contributed by atoms with van der Waals surface area (Å²) < 4.78 is 61.9. The summed E-state index contributed by atoms with van der Waals surface area (Å²) in [5.41, 5.74) is -0.336. The van der Waals surface area contributed by atoms with Gasteiger partial charge in [-0.3, -0.25) is 5.32 Å². The maximum absolute atomic E-state index is 13.2. The quantitative estimate of drug-likeness (QED) is 0.808. The van der Waals surface area contributed by atoms with Gasteiger partial charge < -0.3 is 5.11 Å². The van der Waals surface area contributed by atoms with Gasteiger partial charge in [0, 0.05) is 5.56 Å². The fourth-order valence-corrected chi connectivity index (χ4v) is 1.29. The van der Waals surface area contributed by atoms with Crippen molar-refractivity contribution >= 4 is 0 Å². The molecule has 0 aliphatic carbocycles. The molecule has 0 aromatic heterocycles. The molecule has 1 rings (SSSR count). The summed E-state index contributed by atoms with van der Waals surface area (Å²) >= 11 is 0. The molecular weight excluding hydrogens is 245 g/mol. The van der Waals surface area contributed by atoms with E-state index in [9.17, 15) is 22.0 Å².